The van der Waals surface area contributed by atoms with Gasteiger partial charge in [0.05, 0.1) is 12.1 Å². The fourth-order valence-corrected chi connectivity index (χ4v) is 9.71. The number of methoxy groups -OCH3 is 1. The Morgan fingerprint density at radius 3 is 1.37 bits per heavy atom. The predicted molar refractivity (Wildman–Crippen MR) is 312 cm³/mol. The number of fused-ring (bicyclic) bond motifs is 2. The zero-order valence-corrected chi connectivity index (χ0v) is 48.2. The average Bonchev–Trinajstić information content (AvgIpc) is 3.44. The Labute approximate surface area is 468 Å². The number of amides is 3. The maximum Gasteiger partial charge on any atom is 0.413 e. The van der Waals surface area contributed by atoms with E-state index < -0.39 is 54.7 Å². The van der Waals surface area contributed by atoms with Gasteiger partial charge in [0.2, 0.25) is 18.5 Å². The number of hydrogen-bond donors (Lipinski definition) is 2. The third-order valence-electron chi connectivity index (χ3n) is 13.6. The molecule has 0 saturated carbocycles. The van der Waals surface area contributed by atoms with Crippen LogP contribution in [0.3, 0.4) is 0 Å². The quantitative estimate of drug-likeness (QED) is 0.0412. The number of aryl methyl sites for hydroxylation is 4. The molecule has 0 aromatic heterocycles. The van der Waals surface area contributed by atoms with Gasteiger partial charge in [-0.05, 0) is 122 Å². The van der Waals surface area contributed by atoms with E-state index >= 15 is 0 Å². The number of rotatable bonds is 25. The summed E-state index contributed by atoms with van der Waals surface area (Å²) >= 11 is 0. The molecule has 6 aromatic carbocycles. The van der Waals surface area contributed by atoms with Crippen molar-refractivity contribution >= 4 is 51.6 Å². The fraction of sp³-hybridized carbons (Fsp3) is 0.431. The lowest BCUT2D eigenvalue weighted by Gasteiger charge is -2.31. The normalized spacial score (nSPS) is 13.5. The molecule has 3 N–H and O–H groups in total. The molecule has 6 aromatic rings. The topological polar surface area (TPSA) is 176 Å². The smallest absolute Gasteiger partial charge is 0.413 e. The summed E-state index contributed by atoms with van der Waals surface area (Å²) < 4.78 is 27.0. The lowest BCUT2D eigenvalue weighted by Crippen LogP contribution is -2.45. The van der Waals surface area contributed by atoms with Crippen molar-refractivity contribution in [3.63, 3.8) is 0 Å². The van der Waals surface area contributed by atoms with E-state index in [2.05, 4.69) is 85.9 Å². The lowest BCUT2D eigenvalue weighted by molar-refractivity contribution is -0.170. The van der Waals surface area contributed by atoms with Crippen molar-refractivity contribution < 1.29 is 47.7 Å². The molecule has 0 aliphatic carbocycles. The van der Waals surface area contributed by atoms with Gasteiger partial charge in [0.15, 0.2) is 0 Å². The molecule has 0 fully saturated rings. The summed E-state index contributed by atoms with van der Waals surface area (Å²) in [5, 5.41) is 7.00. The fourth-order valence-electron chi connectivity index (χ4n) is 9.71. The summed E-state index contributed by atoms with van der Waals surface area (Å²) in [6.45, 7) is 19.8. The number of esters is 2. The SMILES string of the molecule is COCC(=O)NC(CC(C)C)C(=O)OC(C)OC(=O)N(CCCc1cccc(C)c1)[C@H](C)c1cccc2ccccc12.Cc1cccc(CCCN(C(=O)OC(C)OC(=O)C(N)CC(C)C)[C@H](C)c2cccc3ccccc23)c1. The van der Waals surface area contributed by atoms with Gasteiger partial charge in [0.25, 0.3) is 0 Å². The van der Waals surface area contributed by atoms with Crippen LogP contribution in [0.4, 0.5) is 9.59 Å². The molecule has 6 rings (SSSR count). The van der Waals surface area contributed by atoms with E-state index in [9.17, 15) is 24.0 Å². The van der Waals surface area contributed by atoms with E-state index in [1.165, 1.54) is 36.3 Å². The summed E-state index contributed by atoms with van der Waals surface area (Å²) in [6.07, 6.45) is 0.700. The summed E-state index contributed by atoms with van der Waals surface area (Å²) in [6, 6.07) is 42.9. The summed E-state index contributed by atoms with van der Waals surface area (Å²) in [4.78, 5) is 67.8. The van der Waals surface area contributed by atoms with E-state index in [1.54, 1.807) is 16.7 Å². The number of hydrogen-bond acceptors (Lipinski definition) is 11. The van der Waals surface area contributed by atoms with Gasteiger partial charge in [-0.15, -0.1) is 0 Å². The van der Waals surface area contributed by atoms with Crippen LogP contribution >= 0.6 is 0 Å². The second kappa shape index (κ2) is 31.3. The number of nitrogens with zero attached hydrogens (tertiary/aromatic N) is 2. The van der Waals surface area contributed by atoms with Crippen LogP contribution < -0.4 is 11.1 Å². The molecule has 6 atom stereocenters. The van der Waals surface area contributed by atoms with Crippen molar-refractivity contribution in [2.45, 2.75) is 145 Å². The van der Waals surface area contributed by atoms with Crippen molar-refractivity contribution in [1.82, 2.24) is 15.1 Å². The van der Waals surface area contributed by atoms with E-state index in [4.69, 9.17) is 29.4 Å². The molecule has 0 spiro atoms. The average molecular weight is 1080 g/mol. The molecule has 14 heteroatoms. The molecule has 79 heavy (non-hydrogen) atoms. The van der Waals surface area contributed by atoms with Crippen LogP contribution in [-0.4, -0.2) is 91.3 Å². The summed E-state index contributed by atoms with van der Waals surface area (Å²) in [5.41, 5.74) is 12.8. The number of nitrogens with one attached hydrogen (secondary N) is 1. The van der Waals surface area contributed by atoms with E-state index in [0.29, 0.717) is 25.9 Å². The first-order valence-electron chi connectivity index (χ1n) is 27.7. The first-order valence-corrected chi connectivity index (χ1v) is 27.7. The van der Waals surface area contributed by atoms with Crippen LogP contribution in [-0.2, 0) is 50.9 Å². The minimum Gasteiger partial charge on any atom is -0.424 e. The molecule has 4 unspecified atom stereocenters. The van der Waals surface area contributed by atoms with Crippen molar-refractivity contribution in [3.05, 3.63) is 167 Å². The van der Waals surface area contributed by atoms with Crippen LogP contribution in [0.1, 0.15) is 127 Å². The second-order valence-electron chi connectivity index (χ2n) is 21.3. The van der Waals surface area contributed by atoms with Gasteiger partial charge in [-0.25, -0.2) is 14.4 Å². The Morgan fingerprint density at radius 2 is 0.937 bits per heavy atom. The highest BCUT2D eigenvalue weighted by Crippen LogP contribution is 2.31. The number of carbonyl (C=O) groups excluding carboxylic acids is 5. The summed E-state index contributed by atoms with van der Waals surface area (Å²) in [5.74, 6) is -1.28. The second-order valence-corrected chi connectivity index (χ2v) is 21.3. The molecule has 14 nitrogen and oxygen atoms in total. The highest BCUT2D eigenvalue weighted by molar-refractivity contribution is 5.88. The van der Waals surface area contributed by atoms with Gasteiger partial charge in [-0.2, -0.15) is 0 Å². The molecule has 0 bridgehead atoms. The van der Waals surface area contributed by atoms with E-state index in [0.717, 1.165) is 58.4 Å². The number of ether oxygens (including phenoxy) is 5. The van der Waals surface area contributed by atoms with Gasteiger partial charge in [0.1, 0.15) is 18.7 Å². The third-order valence-corrected chi connectivity index (χ3v) is 13.6. The standard InChI is InChI=1S/C34H44N2O6.C31H40N2O4/c1-23(2)20-31(35-32(37)22-40-6)33(38)41-26(5)42-34(39)36(19-11-14-27-13-9-12-24(3)21-27)25(4)29-18-10-16-28-15-7-8-17-30(28)29;1-21(2)19-29(32)30(34)36-24(5)37-31(35)33(18-10-13-25-12-8-11-22(3)20-25)23(4)27-17-9-15-26-14-6-7-16-28(26)27/h7-10,12-13,15-18,21,23,25-26,31H,11,14,19-20,22H2,1-6H3,(H,35,37);6-9,11-12,14-17,20-21,23-24,29H,10,13,18-19,32H2,1-5H3/t25-,26?,31?;23-,24?,29?/m11/s1. The van der Waals surface area contributed by atoms with Crippen molar-refractivity contribution in [2.75, 3.05) is 26.8 Å². The largest absolute Gasteiger partial charge is 0.424 e. The minimum absolute atomic E-state index is 0.119. The van der Waals surface area contributed by atoms with E-state index in [1.807, 2.05) is 108 Å². The van der Waals surface area contributed by atoms with Crippen LogP contribution in [0.5, 0.6) is 0 Å². The van der Waals surface area contributed by atoms with Gasteiger partial charge >= 0.3 is 24.1 Å². The van der Waals surface area contributed by atoms with Crippen molar-refractivity contribution in [2.24, 2.45) is 17.6 Å². The van der Waals surface area contributed by atoms with Gasteiger partial charge in [0, 0.05) is 34.0 Å². The first-order chi connectivity index (χ1) is 37.7. The summed E-state index contributed by atoms with van der Waals surface area (Å²) in [7, 11) is 1.41. The van der Waals surface area contributed by atoms with Gasteiger partial charge in [-0.1, -0.05) is 172 Å². The molecule has 0 saturated heterocycles. The molecule has 0 radical (unpaired) electrons. The molecule has 424 valence electrons. The van der Waals surface area contributed by atoms with Crippen LogP contribution in [0.25, 0.3) is 21.5 Å². The number of carbonyl (C=O) groups is 5. The molecule has 3 amide bonds. The Balaban J connectivity index is 0.000000293. The number of benzene rings is 6. The lowest BCUT2D eigenvalue weighted by atomic mass is 9.98. The van der Waals surface area contributed by atoms with Gasteiger partial charge in [-0.3, -0.25) is 9.59 Å². The van der Waals surface area contributed by atoms with Crippen molar-refractivity contribution in [1.29, 1.82) is 0 Å². The Morgan fingerprint density at radius 1 is 0.519 bits per heavy atom. The Bertz CT molecular complexity index is 2910. The maximum atomic E-state index is 13.6. The maximum absolute atomic E-state index is 13.6. The van der Waals surface area contributed by atoms with Crippen LogP contribution in [0, 0.1) is 25.7 Å². The Hall–Kier alpha value is -7.29. The molecule has 0 heterocycles. The van der Waals surface area contributed by atoms with Gasteiger partial charge < -0.3 is 44.5 Å². The van der Waals surface area contributed by atoms with Crippen LogP contribution in [0.2, 0.25) is 0 Å². The van der Waals surface area contributed by atoms with Crippen molar-refractivity contribution in [3.8, 4) is 0 Å². The zero-order valence-electron chi connectivity index (χ0n) is 48.2. The molecular formula is C65H84N4O10. The first kappa shape index (κ1) is 62.6. The minimum atomic E-state index is -1.15. The zero-order chi connectivity index (χ0) is 57.6. The molecule has 0 aliphatic rings. The van der Waals surface area contributed by atoms with E-state index in [-0.39, 0.29) is 30.5 Å². The predicted octanol–water partition coefficient (Wildman–Crippen LogP) is 12.9. The monoisotopic (exact) mass is 1080 g/mol. The molecule has 0 aliphatic heterocycles. The van der Waals surface area contributed by atoms with Crippen LogP contribution in [0.15, 0.2) is 133 Å². The molecular weight excluding hydrogens is 997 g/mol. The highest BCUT2D eigenvalue weighted by Gasteiger charge is 2.31. The Kier molecular flexibility index (Phi) is 24.8. The number of nitrogens with two attached hydrogens (primary N) is 1. The highest BCUT2D eigenvalue weighted by atomic mass is 16.7. The third kappa shape index (κ3) is 19.8.